The molecule has 0 amide bonds. The molecule has 4 nitrogen and oxygen atoms in total. The van der Waals surface area contributed by atoms with E-state index in [1.165, 1.54) is 0 Å². The van der Waals surface area contributed by atoms with Crippen LogP contribution in [0.15, 0.2) is 12.4 Å². The van der Waals surface area contributed by atoms with E-state index in [1.807, 2.05) is 12.4 Å². The molecule has 0 aromatic carbocycles. The average Bonchev–Trinajstić information content (AvgIpc) is 2.70. The van der Waals surface area contributed by atoms with Crippen LogP contribution in [0.4, 0.5) is 5.95 Å². The molecule has 2 rings (SSSR count). The first-order chi connectivity index (χ1) is 6.77. The summed E-state index contributed by atoms with van der Waals surface area (Å²) in [5.74, 6) is 0.954. The van der Waals surface area contributed by atoms with Gasteiger partial charge in [0.05, 0.1) is 12.6 Å². The molecule has 1 aliphatic heterocycles. The molecule has 1 atom stereocenters. The molecule has 1 fully saturated rings. The number of aromatic nitrogens is 2. The van der Waals surface area contributed by atoms with Crippen LogP contribution in [0.2, 0.25) is 0 Å². The maximum absolute atomic E-state index is 5.36. The Balaban J connectivity index is 2.12. The molecule has 78 valence electrons. The van der Waals surface area contributed by atoms with Crippen molar-refractivity contribution in [3.8, 4) is 0 Å². The van der Waals surface area contributed by atoms with Crippen molar-refractivity contribution in [1.82, 2.24) is 9.55 Å². The van der Waals surface area contributed by atoms with Gasteiger partial charge in [-0.05, 0) is 20.3 Å². The summed E-state index contributed by atoms with van der Waals surface area (Å²) in [6.07, 6.45) is 4.94. The minimum absolute atomic E-state index is 0.415. The van der Waals surface area contributed by atoms with Crippen LogP contribution in [0.1, 0.15) is 26.3 Å². The number of anilines is 1. The zero-order valence-corrected chi connectivity index (χ0v) is 8.73. The maximum atomic E-state index is 5.36. The first-order valence-electron chi connectivity index (χ1n) is 5.14. The van der Waals surface area contributed by atoms with Gasteiger partial charge in [-0.1, -0.05) is 0 Å². The molecular weight excluding hydrogens is 178 g/mol. The smallest absolute Gasteiger partial charge is 0.203 e. The summed E-state index contributed by atoms with van der Waals surface area (Å²) in [5, 5.41) is 3.33. The molecule has 0 saturated carbocycles. The van der Waals surface area contributed by atoms with Crippen LogP contribution in [0.25, 0.3) is 0 Å². The highest BCUT2D eigenvalue weighted by atomic mass is 16.5. The highest BCUT2D eigenvalue weighted by molar-refractivity contribution is 5.27. The van der Waals surface area contributed by atoms with Crippen molar-refractivity contribution in [1.29, 1.82) is 0 Å². The van der Waals surface area contributed by atoms with Gasteiger partial charge in [0, 0.05) is 25.0 Å². The second kappa shape index (κ2) is 4.00. The van der Waals surface area contributed by atoms with Gasteiger partial charge in [-0.15, -0.1) is 0 Å². The Kier molecular flexibility index (Phi) is 2.72. The maximum Gasteiger partial charge on any atom is 0.203 e. The highest BCUT2D eigenvalue weighted by Crippen LogP contribution is 2.22. The normalized spacial score (nSPS) is 21.8. The van der Waals surface area contributed by atoms with Crippen LogP contribution in [-0.2, 0) is 4.74 Å². The second-order valence-electron chi connectivity index (χ2n) is 3.97. The summed E-state index contributed by atoms with van der Waals surface area (Å²) in [7, 11) is 0. The lowest BCUT2D eigenvalue weighted by Gasteiger charge is -2.16. The largest absolute Gasteiger partial charge is 0.379 e. The summed E-state index contributed by atoms with van der Waals surface area (Å²) in [6.45, 7) is 5.90. The standard InChI is InChI=1S/C10H17N3O/c1-8(2)12-10-11-4-5-13(10)9-3-6-14-7-9/h4-5,8-9H,3,6-7H2,1-2H3,(H,11,12). The number of nitrogens with zero attached hydrogens (tertiary/aromatic N) is 2. The van der Waals surface area contributed by atoms with Gasteiger partial charge in [0.15, 0.2) is 0 Å². The Labute approximate surface area is 84.3 Å². The van der Waals surface area contributed by atoms with Crippen molar-refractivity contribution in [2.45, 2.75) is 32.4 Å². The zero-order valence-electron chi connectivity index (χ0n) is 8.73. The molecule has 1 saturated heterocycles. The van der Waals surface area contributed by atoms with Crippen molar-refractivity contribution >= 4 is 5.95 Å². The Morgan fingerprint density at radius 3 is 3.14 bits per heavy atom. The lowest BCUT2D eigenvalue weighted by molar-refractivity contribution is 0.187. The van der Waals surface area contributed by atoms with Crippen molar-refractivity contribution in [2.24, 2.45) is 0 Å². The van der Waals surface area contributed by atoms with E-state index in [2.05, 4.69) is 28.7 Å². The summed E-state index contributed by atoms with van der Waals surface area (Å²) in [6, 6.07) is 0.872. The van der Waals surface area contributed by atoms with Crippen LogP contribution >= 0.6 is 0 Å². The van der Waals surface area contributed by atoms with Gasteiger partial charge in [-0.2, -0.15) is 0 Å². The quantitative estimate of drug-likeness (QED) is 0.797. The Morgan fingerprint density at radius 2 is 2.50 bits per heavy atom. The number of rotatable bonds is 3. The molecule has 0 aliphatic carbocycles. The molecule has 2 heterocycles. The SMILES string of the molecule is CC(C)Nc1nccn1C1CCOC1. The molecule has 0 bridgehead atoms. The van der Waals surface area contributed by atoms with Crippen LogP contribution in [-0.4, -0.2) is 28.8 Å². The molecule has 1 aliphatic rings. The lowest BCUT2D eigenvalue weighted by atomic mass is 10.2. The van der Waals surface area contributed by atoms with Gasteiger partial charge in [-0.3, -0.25) is 0 Å². The van der Waals surface area contributed by atoms with E-state index >= 15 is 0 Å². The van der Waals surface area contributed by atoms with E-state index in [0.717, 1.165) is 25.6 Å². The topological polar surface area (TPSA) is 39.1 Å². The molecule has 1 aromatic heterocycles. The molecule has 1 aromatic rings. The molecule has 1 N–H and O–H groups in total. The van der Waals surface area contributed by atoms with Gasteiger partial charge in [-0.25, -0.2) is 4.98 Å². The second-order valence-corrected chi connectivity index (χ2v) is 3.97. The van der Waals surface area contributed by atoms with Crippen LogP contribution < -0.4 is 5.32 Å². The van der Waals surface area contributed by atoms with Crippen molar-refractivity contribution < 1.29 is 4.74 Å². The fourth-order valence-electron chi connectivity index (χ4n) is 1.72. The Hall–Kier alpha value is -1.03. The third kappa shape index (κ3) is 1.90. The van der Waals surface area contributed by atoms with E-state index in [0.29, 0.717) is 12.1 Å². The fourth-order valence-corrected chi connectivity index (χ4v) is 1.72. The summed E-state index contributed by atoms with van der Waals surface area (Å²) in [4.78, 5) is 4.30. The van der Waals surface area contributed by atoms with Gasteiger partial charge in [0.25, 0.3) is 0 Å². The predicted octanol–water partition coefficient (Wildman–Crippen LogP) is 1.66. The van der Waals surface area contributed by atoms with Crippen LogP contribution in [0.3, 0.4) is 0 Å². The third-order valence-electron chi connectivity index (χ3n) is 2.39. The summed E-state index contributed by atoms with van der Waals surface area (Å²) < 4.78 is 7.54. The van der Waals surface area contributed by atoms with E-state index in [4.69, 9.17) is 4.74 Å². The molecular formula is C10H17N3O. The number of hydrogen-bond acceptors (Lipinski definition) is 3. The van der Waals surface area contributed by atoms with Crippen molar-refractivity contribution in [3.63, 3.8) is 0 Å². The predicted molar refractivity (Wildman–Crippen MR) is 55.5 cm³/mol. The number of hydrogen-bond donors (Lipinski definition) is 1. The zero-order chi connectivity index (χ0) is 9.97. The van der Waals surface area contributed by atoms with Gasteiger partial charge in [0.2, 0.25) is 5.95 Å². The first kappa shape index (κ1) is 9.52. The molecule has 14 heavy (non-hydrogen) atoms. The van der Waals surface area contributed by atoms with E-state index in [9.17, 15) is 0 Å². The van der Waals surface area contributed by atoms with Crippen LogP contribution in [0.5, 0.6) is 0 Å². The molecule has 1 unspecified atom stereocenters. The van der Waals surface area contributed by atoms with Crippen LogP contribution in [0, 0.1) is 0 Å². The van der Waals surface area contributed by atoms with Crippen molar-refractivity contribution in [3.05, 3.63) is 12.4 Å². The van der Waals surface area contributed by atoms with Gasteiger partial charge in [0.1, 0.15) is 0 Å². The number of ether oxygens (including phenoxy) is 1. The number of imidazole rings is 1. The summed E-state index contributed by atoms with van der Waals surface area (Å²) >= 11 is 0. The van der Waals surface area contributed by atoms with E-state index in [-0.39, 0.29) is 0 Å². The highest BCUT2D eigenvalue weighted by Gasteiger charge is 2.19. The lowest BCUT2D eigenvalue weighted by Crippen LogP contribution is -2.17. The Bertz CT molecular complexity index is 289. The molecule has 0 spiro atoms. The number of nitrogens with one attached hydrogen (secondary N) is 1. The minimum atomic E-state index is 0.415. The average molecular weight is 195 g/mol. The van der Waals surface area contributed by atoms with Gasteiger partial charge < -0.3 is 14.6 Å². The molecule has 0 radical (unpaired) electrons. The minimum Gasteiger partial charge on any atom is -0.379 e. The molecule has 4 heteroatoms. The first-order valence-corrected chi connectivity index (χ1v) is 5.14. The fraction of sp³-hybridized carbons (Fsp3) is 0.700. The van der Waals surface area contributed by atoms with Gasteiger partial charge >= 0.3 is 0 Å². The van der Waals surface area contributed by atoms with E-state index < -0.39 is 0 Å². The van der Waals surface area contributed by atoms with E-state index in [1.54, 1.807) is 0 Å². The monoisotopic (exact) mass is 195 g/mol. The Morgan fingerprint density at radius 1 is 1.64 bits per heavy atom. The third-order valence-corrected chi connectivity index (χ3v) is 2.39. The van der Waals surface area contributed by atoms with Crippen molar-refractivity contribution in [2.75, 3.05) is 18.5 Å². The summed E-state index contributed by atoms with van der Waals surface area (Å²) in [5.41, 5.74) is 0.